The first kappa shape index (κ1) is 13.3. The molecule has 0 bridgehead atoms. The molecule has 1 aliphatic heterocycles. The van der Waals surface area contributed by atoms with Gasteiger partial charge in [0.05, 0.1) is 5.52 Å². The molecule has 0 atom stereocenters. The zero-order valence-corrected chi connectivity index (χ0v) is 12.4. The average molecular weight is 313 g/mol. The average Bonchev–Trinajstić information content (AvgIpc) is 2.91. The summed E-state index contributed by atoms with van der Waals surface area (Å²) in [6.07, 6.45) is 1.65. The van der Waals surface area contributed by atoms with Crippen molar-refractivity contribution in [3.63, 3.8) is 0 Å². The summed E-state index contributed by atoms with van der Waals surface area (Å²) in [6, 6.07) is 13.3. The van der Waals surface area contributed by atoms with Crippen LogP contribution in [0, 0.1) is 0 Å². The van der Waals surface area contributed by atoms with Crippen LogP contribution in [0.1, 0.15) is 22.0 Å². The summed E-state index contributed by atoms with van der Waals surface area (Å²) in [6.45, 7) is 1.42. The van der Waals surface area contributed by atoms with Crippen LogP contribution in [0.25, 0.3) is 5.52 Å². The molecule has 0 saturated carbocycles. The van der Waals surface area contributed by atoms with Crippen LogP contribution in [0.2, 0.25) is 5.02 Å². The quantitative estimate of drug-likeness (QED) is 0.731. The molecule has 1 amide bonds. The molecule has 0 spiro atoms. The molecular weight excluding hydrogens is 300 g/mol. The molecule has 0 N–H and O–H groups in total. The van der Waals surface area contributed by atoms with E-state index in [1.54, 1.807) is 17.2 Å². The number of carbonyl (C=O) groups is 1. The maximum atomic E-state index is 12.4. The van der Waals surface area contributed by atoms with Crippen LogP contribution in [0.5, 0.6) is 0 Å². The predicted molar refractivity (Wildman–Crippen MR) is 83.1 cm³/mol. The highest BCUT2D eigenvalue weighted by molar-refractivity contribution is 6.30. The van der Waals surface area contributed by atoms with Crippen LogP contribution >= 0.6 is 11.6 Å². The van der Waals surface area contributed by atoms with Crippen molar-refractivity contribution in [1.82, 2.24) is 19.7 Å². The summed E-state index contributed by atoms with van der Waals surface area (Å²) in [7, 11) is 0. The minimum atomic E-state index is -0.0456. The molecule has 1 aliphatic rings. The topological polar surface area (TPSA) is 50.5 Å². The first-order valence-electron chi connectivity index (χ1n) is 7.06. The van der Waals surface area contributed by atoms with E-state index in [-0.39, 0.29) is 5.91 Å². The fraction of sp³-hybridized carbons (Fsp3) is 0.188. The molecule has 1 fully saturated rings. The number of likely N-dealkylation sites (tertiary alicyclic amines) is 1. The molecule has 3 aromatic rings. The molecule has 1 saturated heterocycles. The van der Waals surface area contributed by atoms with Crippen LogP contribution in [0.4, 0.5) is 0 Å². The van der Waals surface area contributed by atoms with Crippen LogP contribution in [-0.2, 0) is 0 Å². The number of amides is 1. The van der Waals surface area contributed by atoms with Gasteiger partial charge in [0.15, 0.2) is 5.69 Å². The van der Waals surface area contributed by atoms with Crippen LogP contribution in [-0.4, -0.2) is 38.7 Å². The molecule has 3 heterocycles. The third-order valence-corrected chi connectivity index (χ3v) is 4.23. The van der Waals surface area contributed by atoms with E-state index in [0.29, 0.717) is 24.7 Å². The molecule has 110 valence electrons. The molecule has 22 heavy (non-hydrogen) atoms. The van der Waals surface area contributed by atoms with Crippen molar-refractivity contribution >= 4 is 23.0 Å². The van der Waals surface area contributed by atoms with Crippen LogP contribution in [0.3, 0.4) is 0 Å². The highest BCUT2D eigenvalue weighted by Gasteiger charge is 2.33. The first-order chi connectivity index (χ1) is 10.7. The number of benzene rings is 1. The van der Waals surface area contributed by atoms with Gasteiger partial charge in [-0.2, -0.15) is 9.73 Å². The van der Waals surface area contributed by atoms with Crippen LogP contribution in [0.15, 0.2) is 48.7 Å². The van der Waals surface area contributed by atoms with Crippen molar-refractivity contribution in [2.45, 2.75) is 5.92 Å². The van der Waals surface area contributed by atoms with Crippen molar-refractivity contribution in [1.29, 1.82) is 0 Å². The summed E-state index contributed by atoms with van der Waals surface area (Å²) >= 11 is 5.89. The van der Waals surface area contributed by atoms with E-state index in [2.05, 4.69) is 10.2 Å². The van der Waals surface area contributed by atoms with E-state index >= 15 is 0 Å². The van der Waals surface area contributed by atoms with Gasteiger partial charge in [0, 0.05) is 30.2 Å². The Morgan fingerprint density at radius 2 is 1.95 bits per heavy atom. The Balaban J connectivity index is 1.48. The van der Waals surface area contributed by atoms with Crippen LogP contribution < -0.4 is 0 Å². The molecule has 6 heteroatoms. The second-order valence-electron chi connectivity index (χ2n) is 5.43. The normalized spacial score (nSPS) is 15.0. The minimum absolute atomic E-state index is 0.0456. The summed E-state index contributed by atoms with van der Waals surface area (Å²) in [5.74, 6) is 0.326. The Morgan fingerprint density at radius 3 is 2.68 bits per heavy atom. The maximum absolute atomic E-state index is 12.4. The van der Waals surface area contributed by atoms with Crippen molar-refractivity contribution in [2.24, 2.45) is 0 Å². The zero-order valence-electron chi connectivity index (χ0n) is 11.7. The molecule has 0 aliphatic carbocycles. The Morgan fingerprint density at radius 1 is 1.18 bits per heavy atom. The van der Waals surface area contributed by atoms with Gasteiger partial charge in [0.25, 0.3) is 5.91 Å². The molecule has 4 rings (SSSR count). The molecule has 5 nitrogen and oxygen atoms in total. The maximum Gasteiger partial charge on any atom is 0.274 e. The summed E-state index contributed by atoms with van der Waals surface area (Å²) in [4.78, 5) is 14.2. The van der Waals surface area contributed by atoms with Gasteiger partial charge in [-0.15, -0.1) is 5.10 Å². The summed E-state index contributed by atoms with van der Waals surface area (Å²) in [5.41, 5.74) is 2.47. The third-order valence-electron chi connectivity index (χ3n) is 3.98. The number of halogens is 1. The fourth-order valence-electron chi connectivity index (χ4n) is 2.69. The number of rotatable bonds is 2. The SMILES string of the molecule is O=C(c1cc2cccnn2n1)N1CC(c2ccc(Cl)cc2)C1. The predicted octanol–water partition coefficient (Wildman–Crippen LogP) is 2.62. The van der Waals surface area contributed by atoms with Gasteiger partial charge in [-0.05, 0) is 35.9 Å². The second kappa shape index (κ2) is 5.10. The van der Waals surface area contributed by atoms with Crippen molar-refractivity contribution in [3.05, 3.63) is 64.9 Å². The summed E-state index contributed by atoms with van der Waals surface area (Å²) < 4.78 is 1.48. The van der Waals surface area contributed by atoms with Gasteiger partial charge in [-0.3, -0.25) is 4.79 Å². The number of aromatic nitrogens is 3. The number of nitrogens with zero attached hydrogens (tertiary/aromatic N) is 4. The molecule has 0 radical (unpaired) electrons. The monoisotopic (exact) mass is 312 g/mol. The van der Waals surface area contributed by atoms with E-state index in [1.165, 1.54) is 10.2 Å². The Kier molecular flexibility index (Phi) is 3.08. The van der Waals surface area contributed by atoms with Gasteiger partial charge in [-0.1, -0.05) is 23.7 Å². The Hall–Kier alpha value is -2.40. The summed E-state index contributed by atoms with van der Waals surface area (Å²) in [5, 5.41) is 9.03. The van der Waals surface area contributed by atoms with E-state index in [9.17, 15) is 4.79 Å². The van der Waals surface area contributed by atoms with Gasteiger partial charge in [0.2, 0.25) is 0 Å². The van der Waals surface area contributed by atoms with E-state index < -0.39 is 0 Å². The van der Waals surface area contributed by atoms with Gasteiger partial charge < -0.3 is 4.90 Å². The lowest BCUT2D eigenvalue weighted by Gasteiger charge is -2.39. The van der Waals surface area contributed by atoms with Crippen molar-refractivity contribution < 1.29 is 4.79 Å². The molecular formula is C16H13ClN4O. The van der Waals surface area contributed by atoms with E-state index in [0.717, 1.165) is 10.5 Å². The number of carbonyl (C=O) groups excluding carboxylic acids is 1. The standard InChI is InChI=1S/C16H13ClN4O/c17-13-5-3-11(4-6-13)12-9-20(10-12)16(22)15-8-14-2-1-7-18-21(14)19-15/h1-8,12H,9-10H2. The zero-order chi connectivity index (χ0) is 15.1. The lowest BCUT2D eigenvalue weighted by molar-refractivity contribution is 0.0595. The lowest BCUT2D eigenvalue weighted by Crippen LogP contribution is -2.48. The number of hydrogen-bond acceptors (Lipinski definition) is 3. The first-order valence-corrected chi connectivity index (χ1v) is 7.44. The van der Waals surface area contributed by atoms with E-state index in [4.69, 9.17) is 11.6 Å². The van der Waals surface area contributed by atoms with E-state index in [1.807, 2.05) is 36.4 Å². The Bertz CT molecular complexity index is 804. The van der Waals surface area contributed by atoms with Gasteiger partial charge in [-0.25, -0.2) is 0 Å². The highest BCUT2D eigenvalue weighted by Crippen LogP contribution is 2.29. The molecule has 1 aromatic carbocycles. The second-order valence-corrected chi connectivity index (χ2v) is 5.86. The number of fused-ring (bicyclic) bond motifs is 1. The highest BCUT2D eigenvalue weighted by atomic mass is 35.5. The smallest absolute Gasteiger partial charge is 0.274 e. The van der Waals surface area contributed by atoms with Crippen molar-refractivity contribution in [2.75, 3.05) is 13.1 Å². The fourth-order valence-corrected chi connectivity index (χ4v) is 2.82. The Labute approximate surface area is 132 Å². The lowest BCUT2D eigenvalue weighted by atomic mass is 9.91. The van der Waals surface area contributed by atoms with Crippen molar-refractivity contribution in [3.8, 4) is 0 Å². The third kappa shape index (κ3) is 2.23. The largest absolute Gasteiger partial charge is 0.336 e. The minimum Gasteiger partial charge on any atom is -0.336 e. The number of hydrogen-bond donors (Lipinski definition) is 0. The molecule has 2 aromatic heterocycles. The van der Waals surface area contributed by atoms with Gasteiger partial charge >= 0.3 is 0 Å². The van der Waals surface area contributed by atoms with Gasteiger partial charge in [0.1, 0.15) is 0 Å². The molecule has 0 unspecified atom stereocenters.